The molecule has 32 heavy (non-hydrogen) atoms. The van der Waals surface area contributed by atoms with Gasteiger partial charge in [-0.15, -0.1) is 21.5 Å². The summed E-state index contributed by atoms with van der Waals surface area (Å²) in [6.07, 6.45) is 3.73. The van der Waals surface area contributed by atoms with Crippen LogP contribution in [0.2, 0.25) is 0 Å². The van der Waals surface area contributed by atoms with E-state index >= 15 is 0 Å². The first-order chi connectivity index (χ1) is 15.5. The van der Waals surface area contributed by atoms with Crippen molar-refractivity contribution in [3.05, 3.63) is 52.2 Å². The van der Waals surface area contributed by atoms with Crippen molar-refractivity contribution in [1.29, 1.82) is 0 Å². The summed E-state index contributed by atoms with van der Waals surface area (Å²) in [5, 5.41) is 16.3. The van der Waals surface area contributed by atoms with Crippen molar-refractivity contribution in [2.45, 2.75) is 35.4 Å². The number of hydrogen-bond donors (Lipinski definition) is 3. The maximum atomic E-state index is 13.1. The van der Waals surface area contributed by atoms with E-state index in [4.69, 9.17) is 5.73 Å². The van der Waals surface area contributed by atoms with Gasteiger partial charge in [-0.1, -0.05) is 42.0 Å². The van der Waals surface area contributed by atoms with E-state index in [-0.39, 0.29) is 17.6 Å². The van der Waals surface area contributed by atoms with E-state index in [1.807, 2.05) is 17.5 Å². The highest BCUT2D eigenvalue weighted by Gasteiger charge is 2.43. The minimum absolute atomic E-state index is 0.0395. The molecule has 1 aliphatic rings. The number of aromatic nitrogens is 2. The van der Waals surface area contributed by atoms with Gasteiger partial charge in [0.05, 0.1) is 11.2 Å². The van der Waals surface area contributed by atoms with Crippen LogP contribution >= 0.6 is 34.4 Å². The van der Waals surface area contributed by atoms with Crippen molar-refractivity contribution in [3.8, 4) is 0 Å². The fourth-order valence-electron chi connectivity index (χ4n) is 3.69. The number of amides is 3. The number of carbonyl (C=O) groups excluding carboxylic acids is 3. The average Bonchev–Trinajstić information content (AvgIpc) is 3.54. The second-order valence-corrected chi connectivity index (χ2v) is 10.5. The van der Waals surface area contributed by atoms with Crippen LogP contribution in [0.25, 0.3) is 0 Å². The van der Waals surface area contributed by atoms with Crippen molar-refractivity contribution in [3.63, 3.8) is 0 Å². The summed E-state index contributed by atoms with van der Waals surface area (Å²) in [6, 6.07) is 10.3. The Morgan fingerprint density at radius 3 is 2.47 bits per heavy atom. The number of anilines is 2. The predicted molar refractivity (Wildman–Crippen MR) is 127 cm³/mol. The molecule has 1 saturated carbocycles. The van der Waals surface area contributed by atoms with E-state index in [1.165, 1.54) is 23.1 Å². The lowest BCUT2D eigenvalue weighted by atomic mass is 9.83. The van der Waals surface area contributed by atoms with Crippen LogP contribution in [0.1, 0.15) is 40.9 Å². The summed E-state index contributed by atoms with van der Waals surface area (Å²) in [7, 11) is 0. The fourth-order valence-corrected chi connectivity index (χ4v) is 6.22. The molecule has 0 radical (unpaired) electrons. The van der Waals surface area contributed by atoms with Gasteiger partial charge in [-0.3, -0.25) is 19.7 Å². The lowest BCUT2D eigenvalue weighted by molar-refractivity contribution is -0.121. The number of carbonyl (C=O) groups is 3. The molecule has 0 spiro atoms. The van der Waals surface area contributed by atoms with Crippen LogP contribution in [0.5, 0.6) is 0 Å². The van der Waals surface area contributed by atoms with E-state index in [9.17, 15) is 14.4 Å². The Bertz CT molecular complexity index is 1110. The molecule has 1 aliphatic carbocycles. The molecule has 1 aromatic carbocycles. The number of thioether (sulfide) groups is 1. The predicted octanol–water partition coefficient (Wildman–Crippen LogP) is 3.88. The number of rotatable bonds is 8. The van der Waals surface area contributed by atoms with Crippen molar-refractivity contribution in [2.24, 2.45) is 5.73 Å². The van der Waals surface area contributed by atoms with Crippen LogP contribution in [-0.4, -0.2) is 33.7 Å². The van der Waals surface area contributed by atoms with Gasteiger partial charge in [0.15, 0.2) is 4.34 Å². The molecule has 2 heterocycles. The normalized spacial score (nSPS) is 14.8. The maximum absolute atomic E-state index is 13.1. The quantitative estimate of drug-likeness (QED) is 0.327. The number of nitrogens with two attached hydrogens (primary N) is 1. The van der Waals surface area contributed by atoms with Gasteiger partial charge in [-0.05, 0) is 48.6 Å². The van der Waals surface area contributed by atoms with Gasteiger partial charge in [-0.2, -0.15) is 0 Å². The molecule has 0 aliphatic heterocycles. The van der Waals surface area contributed by atoms with Gasteiger partial charge in [0, 0.05) is 16.1 Å². The number of primary amides is 1. The molecule has 1 fully saturated rings. The smallest absolute Gasteiger partial charge is 0.248 e. The standard InChI is InChI=1S/C21H21N5O3S3/c22-17(28)13-5-7-14(8-6-13)23-16(27)12-31-20-26-25-19(32-20)24-18(29)21(9-1-2-10-21)15-4-3-11-30-15/h3-8,11H,1-2,9-10,12H2,(H2,22,28)(H,23,27)(H,24,25,29). The lowest BCUT2D eigenvalue weighted by Gasteiger charge is -2.25. The van der Waals surface area contributed by atoms with E-state index in [0.29, 0.717) is 20.7 Å². The summed E-state index contributed by atoms with van der Waals surface area (Å²) in [6.45, 7) is 0. The van der Waals surface area contributed by atoms with E-state index in [1.54, 1.807) is 35.6 Å². The monoisotopic (exact) mass is 487 g/mol. The number of thiophene rings is 1. The first kappa shape index (κ1) is 22.4. The van der Waals surface area contributed by atoms with E-state index < -0.39 is 11.3 Å². The Morgan fingerprint density at radius 2 is 1.81 bits per heavy atom. The Balaban J connectivity index is 1.31. The van der Waals surface area contributed by atoms with Crippen molar-refractivity contribution in [2.75, 3.05) is 16.4 Å². The molecular formula is C21H21N5O3S3. The number of hydrogen-bond acceptors (Lipinski definition) is 8. The molecule has 3 amide bonds. The molecule has 3 aromatic rings. The van der Waals surface area contributed by atoms with E-state index in [0.717, 1.165) is 30.6 Å². The first-order valence-corrected chi connectivity index (χ1v) is 12.7. The molecule has 0 saturated heterocycles. The first-order valence-electron chi connectivity index (χ1n) is 9.98. The molecule has 11 heteroatoms. The summed E-state index contributed by atoms with van der Waals surface area (Å²) < 4.78 is 0.594. The molecule has 166 valence electrons. The summed E-state index contributed by atoms with van der Waals surface area (Å²) in [4.78, 5) is 37.5. The second kappa shape index (κ2) is 9.80. The summed E-state index contributed by atoms with van der Waals surface area (Å²) in [5.74, 6) is -0.640. The minimum Gasteiger partial charge on any atom is -0.366 e. The third kappa shape index (κ3) is 5.00. The third-order valence-electron chi connectivity index (χ3n) is 5.29. The van der Waals surface area contributed by atoms with Crippen LogP contribution in [0.4, 0.5) is 10.8 Å². The zero-order valence-corrected chi connectivity index (χ0v) is 19.4. The average molecular weight is 488 g/mol. The number of nitrogens with one attached hydrogen (secondary N) is 2. The SMILES string of the molecule is NC(=O)c1ccc(NC(=O)CSc2nnc(NC(=O)C3(c4cccs4)CCCC3)s2)cc1. The Hall–Kier alpha value is -2.76. The van der Waals surface area contributed by atoms with Crippen LogP contribution in [-0.2, 0) is 15.0 Å². The van der Waals surface area contributed by atoms with Crippen LogP contribution in [0.15, 0.2) is 46.1 Å². The van der Waals surface area contributed by atoms with Gasteiger partial charge < -0.3 is 11.1 Å². The zero-order valence-electron chi connectivity index (χ0n) is 17.0. The number of nitrogens with zero attached hydrogens (tertiary/aromatic N) is 2. The number of benzene rings is 1. The minimum atomic E-state index is -0.521. The summed E-state index contributed by atoms with van der Waals surface area (Å²) >= 11 is 4.10. The van der Waals surface area contributed by atoms with Crippen LogP contribution < -0.4 is 16.4 Å². The van der Waals surface area contributed by atoms with Crippen molar-refractivity contribution >= 4 is 63.0 Å². The lowest BCUT2D eigenvalue weighted by Crippen LogP contribution is -2.37. The second-order valence-electron chi connectivity index (χ2n) is 7.37. The van der Waals surface area contributed by atoms with Gasteiger partial charge >= 0.3 is 0 Å². The zero-order chi connectivity index (χ0) is 22.6. The Kier molecular flexibility index (Phi) is 6.87. The van der Waals surface area contributed by atoms with E-state index in [2.05, 4.69) is 20.8 Å². The largest absolute Gasteiger partial charge is 0.366 e. The third-order valence-corrected chi connectivity index (χ3v) is 8.34. The highest BCUT2D eigenvalue weighted by molar-refractivity contribution is 8.01. The molecule has 4 N–H and O–H groups in total. The molecule has 4 rings (SSSR count). The molecule has 2 aromatic heterocycles. The van der Waals surface area contributed by atoms with Gasteiger partial charge in [0.1, 0.15) is 0 Å². The van der Waals surface area contributed by atoms with Crippen LogP contribution in [0.3, 0.4) is 0 Å². The van der Waals surface area contributed by atoms with Gasteiger partial charge in [-0.25, -0.2) is 0 Å². The maximum Gasteiger partial charge on any atom is 0.248 e. The van der Waals surface area contributed by atoms with Crippen molar-refractivity contribution < 1.29 is 14.4 Å². The molecular weight excluding hydrogens is 466 g/mol. The molecule has 0 atom stereocenters. The highest BCUT2D eigenvalue weighted by Crippen LogP contribution is 2.44. The van der Waals surface area contributed by atoms with Crippen LogP contribution in [0, 0.1) is 0 Å². The fraction of sp³-hybridized carbons (Fsp3) is 0.286. The topological polar surface area (TPSA) is 127 Å². The molecule has 0 unspecified atom stereocenters. The Labute approximate surface area is 197 Å². The van der Waals surface area contributed by atoms with Gasteiger partial charge in [0.2, 0.25) is 22.9 Å². The van der Waals surface area contributed by atoms with Gasteiger partial charge in [0.25, 0.3) is 0 Å². The summed E-state index contributed by atoms with van der Waals surface area (Å²) in [5.41, 5.74) is 5.67. The molecule has 8 nitrogen and oxygen atoms in total. The molecule has 0 bridgehead atoms. The highest BCUT2D eigenvalue weighted by atomic mass is 32.2. The Morgan fingerprint density at radius 1 is 1.06 bits per heavy atom. The van der Waals surface area contributed by atoms with Crippen molar-refractivity contribution in [1.82, 2.24) is 10.2 Å².